The van der Waals surface area contributed by atoms with E-state index in [1.54, 1.807) is 0 Å². The van der Waals surface area contributed by atoms with Crippen molar-refractivity contribution in [3.63, 3.8) is 0 Å². The molecule has 2 aromatic heterocycles. The summed E-state index contributed by atoms with van der Waals surface area (Å²) in [6, 6.07) is 4.36. The van der Waals surface area contributed by atoms with E-state index in [1.807, 2.05) is 0 Å². The van der Waals surface area contributed by atoms with Gasteiger partial charge in [0.05, 0.1) is 0 Å². The van der Waals surface area contributed by atoms with E-state index in [0.29, 0.717) is 0 Å². The first-order chi connectivity index (χ1) is 8.16. The molecule has 2 aromatic rings. The van der Waals surface area contributed by atoms with Gasteiger partial charge in [0.1, 0.15) is 5.65 Å². The summed E-state index contributed by atoms with van der Waals surface area (Å²) in [7, 11) is 4.36. The molecule has 0 fully saturated rings. The van der Waals surface area contributed by atoms with Crippen LogP contribution >= 0.6 is 0 Å². The predicted molar refractivity (Wildman–Crippen MR) is 70.4 cm³/mol. The molecule has 0 amide bonds. The fourth-order valence-electron chi connectivity index (χ4n) is 2.83. The Bertz CT molecular complexity index is 568. The summed E-state index contributed by atoms with van der Waals surface area (Å²) < 4.78 is 2.29. The molecule has 17 heavy (non-hydrogen) atoms. The molecule has 0 N–H and O–H groups in total. The fraction of sp³-hybridized carbons (Fsp3) is 0.500. The van der Waals surface area contributed by atoms with Crippen molar-refractivity contribution in [2.75, 3.05) is 20.1 Å². The summed E-state index contributed by atoms with van der Waals surface area (Å²) in [5.41, 5.74) is 5.24. The highest BCUT2D eigenvalue weighted by Crippen LogP contribution is 2.27. The van der Waals surface area contributed by atoms with E-state index >= 15 is 0 Å². The van der Waals surface area contributed by atoms with Gasteiger partial charge in [-0.1, -0.05) is 0 Å². The monoisotopic (exact) mass is 229 g/mol. The Labute approximate surface area is 102 Å². The molecular weight excluding hydrogens is 210 g/mol. The number of fused-ring (bicyclic) bond motifs is 3. The second-order valence-electron chi connectivity index (χ2n) is 5.11. The largest absolute Gasteiger partial charge is 0.332 e. The first-order valence-corrected chi connectivity index (χ1v) is 6.29. The number of aryl methyl sites for hydroxylation is 2. The van der Waals surface area contributed by atoms with E-state index in [2.05, 4.69) is 47.6 Å². The number of rotatable bonds is 0. The van der Waals surface area contributed by atoms with Crippen LogP contribution in [0.2, 0.25) is 0 Å². The lowest BCUT2D eigenvalue weighted by atomic mass is 10.1. The predicted octanol–water partition coefficient (Wildman–Crippen LogP) is 1.91. The normalized spacial score (nSPS) is 17.1. The van der Waals surface area contributed by atoms with Gasteiger partial charge in [0, 0.05) is 43.3 Å². The molecule has 0 spiro atoms. The minimum Gasteiger partial charge on any atom is -0.332 e. The van der Waals surface area contributed by atoms with Gasteiger partial charge in [-0.15, -0.1) is 0 Å². The van der Waals surface area contributed by atoms with Gasteiger partial charge in [-0.2, -0.15) is 0 Å². The number of hydrogen-bond acceptors (Lipinski definition) is 2. The highest BCUT2D eigenvalue weighted by Gasteiger charge is 2.19. The fourth-order valence-corrected chi connectivity index (χ4v) is 2.83. The Morgan fingerprint density at radius 1 is 1.12 bits per heavy atom. The average Bonchev–Trinajstić information content (AvgIpc) is 2.47. The van der Waals surface area contributed by atoms with Gasteiger partial charge in [0.2, 0.25) is 0 Å². The molecule has 90 valence electrons. The van der Waals surface area contributed by atoms with Crippen LogP contribution in [0.1, 0.15) is 17.0 Å². The van der Waals surface area contributed by atoms with Crippen molar-refractivity contribution >= 4 is 11.0 Å². The highest BCUT2D eigenvalue weighted by atomic mass is 15.1. The van der Waals surface area contributed by atoms with Crippen LogP contribution in [0.4, 0.5) is 0 Å². The lowest BCUT2D eigenvalue weighted by molar-refractivity contribution is 0.351. The van der Waals surface area contributed by atoms with Crippen LogP contribution in [0.25, 0.3) is 11.0 Å². The van der Waals surface area contributed by atoms with Crippen LogP contribution in [-0.2, 0) is 19.9 Å². The van der Waals surface area contributed by atoms with Crippen molar-refractivity contribution in [1.82, 2.24) is 14.5 Å². The summed E-state index contributed by atoms with van der Waals surface area (Å²) in [6.45, 7) is 4.36. The standard InChI is InChI=1S/C14H19N3/c1-10-4-5-12-11-6-8-16(2)9-7-13(11)17(3)14(12)15-10/h4-5H,6-9H2,1-3H3. The van der Waals surface area contributed by atoms with Crippen LogP contribution in [-0.4, -0.2) is 34.6 Å². The van der Waals surface area contributed by atoms with Gasteiger partial charge >= 0.3 is 0 Å². The third-order valence-corrected chi connectivity index (χ3v) is 3.88. The molecule has 0 saturated carbocycles. The Morgan fingerprint density at radius 2 is 1.88 bits per heavy atom. The van der Waals surface area contributed by atoms with E-state index in [1.165, 1.54) is 16.6 Å². The minimum atomic E-state index is 1.10. The van der Waals surface area contributed by atoms with E-state index in [0.717, 1.165) is 37.3 Å². The zero-order valence-corrected chi connectivity index (χ0v) is 10.8. The molecule has 3 heteroatoms. The van der Waals surface area contributed by atoms with E-state index in [-0.39, 0.29) is 0 Å². The van der Waals surface area contributed by atoms with Crippen molar-refractivity contribution in [3.05, 3.63) is 29.1 Å². The Balaban J connectivity index is 2.23. The van der Waals surface area contributed by atoms with Crippen LogP contribution in [0.3, 0.4) is 0 Å². The molecule has 0 radical (unpaired) electrons. The summed E-state index contributed by atoms with van der Waals surface area (Å²) in [4.78, 5) is 7.09. The molecule has 3 rings (SSSR count). The van der Waals surface area contributed by atoms with Crippen LogP contribution < -0.4 is 0 Å². The van der Waals surface area contributed by atoms with Crippen LogP contribution in [0.15, 0.2) is 12.1 Å². The molecule has 0 saturated heterocycles. The summed E-state index contributed by atoms with van der Waals surface area (Å²) in [6.07, 6.45) is 2.28. The molecule has 0 aliphatic carbocycles. The third-order valence-electron chi connectivity index (χ3n) is 3.88. The zero-order chi connectivity index (χ0) is 12.0. The topological polar surface area (TPSA) is 21.1 Å². The summed E-state index contributed by atoms with van der Waals surface area (Å²) in [5.74, 6) is 0. The quantitative estimate of drug-likeness (QED) is 0.688. The number of nitrogens with zero attached hydrogens (tertiary/aromatic N) is 3. The minimum absolute atomic E-state index is 1.10. The average molecular weight is 229 g/mol. The Hall–Kier alpha value is -1.35. The maximum Gasteiger partial charge on any atom is 0.140 e. The van der Waals surface area contributed by atoms with E-state index < -0.39 is 0 Å². The molecule has 0 atom stereocenters. The van der Waals surface area contributed by atoms with Gasteiger partial charge < -0.3 is 9.47 Å². The van der Waals surface area contributed by atoms with Crippen molar-refractivity contribution in [3.8, 4) is 0 Å². The number of likely N-dealkylation sites (N-methyl/N-ethyl adjacent to an activating group) is 1. The number of hydrogen-bond donors (Lipinski definition) is 0. The summed E-state index contributed by atoms with van der Waals surface area (Å²) in [5, 5.41) is 1.35. The smallest absolute Gasteiger partial charge is 0.140 e. The summed E-state index contributed by atoms with van der Waals surface area (Å²) >= 11 is 0. The lowest BCUT2D eigenvalue weighted by Crippen LogP contribution is -2.21. The van der Waals surface area contributed by atoms with E-state index in [4.69, 9.17) is 0 Å². The zero-order valence-electron chi connectivity index (χ0n) is 10.8. The Kier molecular flexibility index (Phi) is 2.44. The number of pyridine rings is 1. The second kappa shape index (κ2) is 3.84. The first kappa shape index (κ1) is 10.8. The van der Waals surface area contributed by atoms with Crippen molar-refractivity contribution in [2.24, 2.45) is 7.05 Å². The molecule has 0 aromatic carbocycles. The molecule has 3 heterocycles. The molecule has 0 bridgehead atoms. The van der Waals surface area contributed by atoms with Gasteiger partial charge in [0.15, 0.2) is 0 Å². The molecule has 1 aliphatic heterocycles. The molecule has 1 aliphatic rings. The van der Waals surface area contributed by atoms with Crippen molar-refractivity contribution < 1.29 is 0 Å². The lowest BCUT2D eigenvalue weighted by Gasteiger charge is -2.12. The van der Waals surface area contributed by atoms with Crippen LogP contribution in [0, 0.1) is 6.92 Å². The number of aromatic nitrogens is 2. The second-order valence-corrected chi connectivity index (χ2v) is 5.11. The maximum atomic E-state index is 4.68. The van der Waals surface area contributed by atoms with Crippen molar-refractivity contribution in [2.45, 2.75) is 19.8 Å². The molecule has 0 unspecified atom stereocenters. The van der Waals surface area contributed by atoms with E-state index in [9.17, 15) is 0 Å². The maximum absolute atomic E-state index is 4.68. The van der Waals surface area contributed by atoms with Crippen LogP contribution in [0.5, 0.6) is 0 Å². The third kappa shape index (κ3) is 1.65. The van der Waals surface area contributed by atoms with Gasteiger partial charge in [0.25, 0.3) is 0 Å². The first-order valence-electron chi connectivity index (χ1n) is 6.29. The van der Waals surface area contributed by atoms with Crippen molar-refractivity contribution in [1.29, 1.82) is 0 Å². The van der Waals surface area contributed by atoms with Gasteiger partial charge in [-0.3, -0.25) is 0 Å². The van der Waals surface area contributed by atoms with Gasteiger partial charge in [-0.05, 0) is 38.1 Å². The van der Waals surface area contributed by atoms with Gasteiger partial charge in [-0.25, -0.2) is 4.98 Å². The highest BCUT2D eigenvalue weighted by molar-refractivity contribution is 5.82. The molecular formula is C14H19N3. The Morgan fingerprint density at radius 3 is 2.71 bits per heavy atom. The molecule has 3 nitrogen and oxygen atoms in total. The SMILES string of the molecule is Cc1ccc2c3c(n(C)c2n1)CCN(C)CC3.